The standard InChI is InChI=1S/C41H45FN4O4S/c1-6-16-38-43-35(7-2)39(36(47)25-26-45(32-19-12-9-13-20-32)40(48)29-17-10-8-11-18-29)46(38)28-31-24-23-30(27-34(31)42)33-21-14-15-22-37(33)51(49,50)44-41(3,4)5/h8-15,17-24,27,44H,6-7,16,25-26,28H2,1-5H3. The Morgan fingerprint density at radius 2 is 1.53 bits per heavy atom. The lowest BCUT2D eigenvalue weighted by molar-refractivity contribution is 0.0961. The summed E-state index contributed by atoms with van der Waals surface area (Å²) >= 11 is 0. The van der Waals surface area contributed by atoms with Gasteiger partial charge in [-0.2, -0.15) is 0 Å². The minimum Gasteiger partial charge on any atom is -0.321 e. The zero-order valence-electron chi connectivity index (χ0n) is 29.8. The first kappa shape index (κ1) is 37.3. The number of nitrogens with one attached hydrogen (secondary N) is 1. The molecule has 51 heavy (non-hydrogen) atoms. The average molecular weight is 709 g/mol. The Balaban J connectivity index is 1.46. The monoisotopic (exact) mass is 708 g/mol. The Labute approximate surface area is 300 Å². The molecular formula is C41H45FN4O4S. The maximum absolute atomic E-state index is 16.0. The van der Waals surface area contributed by atoms with Crippen molar-refractivity contribution < 1.29 is 22.4 Å². The fraction of sp³-hybridized carbons (Fsp3) is 0.293. The number of amides is 1. The number of hydrogen-bond acceptors (Lipinski definition) is 5. The molecule has 0 saturated carbocycles. The molecule has 4 aromatic carbocycles. The summed E-state index contributed by atoms with van der Waals surface area (Å²) in [5.74, 6) is -0.242. The van der Waals surface area contributed by atoms with Gasteiger partial charge in [-0.25, -0.2) is 22.5 Å². The molecule has 1 heterocycles. The number of halogens is 1. The Morgan fingerprint density at radius 1 is 0.882 bits per heavy atom. The van der Waals surface area contributed by atoms with Gasteiger partial charge in [-0.05, 0) is 75.6 Å². The molecule has 5 rings (SSSR count). The van der Waals surface area contributed by atoms with Crippen LogP contribution in [0.1, 0.15) is 85.4 Å². The van der Waals surface area contributed by atoms with Crippen LogP contribution in [0.5, 0.6) is 0 Å². The van der Waals surface area contributed by atoms with E-state index < -0.39 is 21.4 Å². The zero-order valence-corrected chi connectivity index (χ0v) is 30.6. The highest BCUT2D eigenvalue weighted by Crippen LogP contribution is 2.30. The number of carbonyl (C=O) groups is 2. The zero-order chi connectivity index (χ0) is 36.8. The number of carbonyl (C=O) groups excluding carboxylic acids is 2. The van der Waals surface area contributed by atoms with Crippen molar-refractivity contribution in [3.63, 3.8) is 0 Å². The van der Waals surface area contributed by atoms with Crippen molar-refractivity contribution in [1.29, 1.82) is 0 Å². The number of Topliss-reactive ketones (excluding diaryl/α,β-unsaturated/α-hetero) is 1. The summed E-state index contributed by atoms with van der Waals surface area (Å²) in [6.45, 7) is 9.44. The van der Waals surface area contributed by atoms with Crippen LogP contribution in [-0.4, -0.2) is 41.7 Å². The van der Waals surface area contributed by atoms with E-state index in [0.29, 0.717) is 58.0 Å². The molecule has 0 aliphatic heterocycles. The van der Waals surface area contributed by atoms with Gasteiger partial charge in [0, 0.05) is 47.3 Å². The van der Waals surface area contributed by atoms with E-state index in [1.807, 2.05) is 50.2 Å². The normalized spacial score (nSPS) is 11.8. The number of sulfonamides is 1. The highest BCUT2D eigenvalue weighted by Gasteiger charge is 2.27. The van der Waals surface area contributed by atoms with Gasteiger partial charge in [0.1, 0.15) is 17.3 Å². The Kier molecular flexibility index (Phi) is 11.7. The van der Waals surface area contributed by atoms with Gasteiger partial charge in [0.15, 0.2) is 5.78 Å². The van der Waals surface area contributed by atoms with E-state index in [1.54, 1.807) is 84.8 Å². The SMILES string of the molecule is CCCc1nc(CC)c(C(=O)CCN(C(=O)c2ccccc2)c2ccccc2)n1Cc1ccc(-c2ccccc2S(=O)(=O)NC(C)(C)C)cc1F. The van der Waals surface area contributed by atoms with Crippen molar-refractivity contribution >= 4 is 27.4 Å². The van der Waals surface area contributed by atoms with Gasteiger partial charge in [-0.15, -0.1) is 0 Å². The molecule has 0 fully saturated rings. The molecule has 5 aromatic rings. The van der Waals surface area contributed by atoms with E-state index in [4.69, 9.17) is 4.98 Å². The van der Waals surface area contributed by atoms with Crippen molar-refractivity contribution in [3.05, 3.63) is 137 Å². The minimum absolute atomic E-state index is 0.0347. The summed E-state index contributed by atoms with van der Waals surface area (Å²) in [6.07, 6.45) is 1.91. The molecule has 1 N–H and O–H groups in total. The molecule has 0 aliphatic carbocycles. The van der Waals surface area contributed by atoms with E-state index >= 15 is 4.39 Å². The van der Waals surface area contributed by atoms with Gasteiger partial charge in [-0.3, -0.25) is 9.59 Å². The first-order chi connectivity index (χ1) is 24.3. The Bertz CT molecular complexity index is 2110. The van der Waals surface area contributed by atoms with Crippen LogP contribution < -0.4 is 9.62 Å². The maximum Gasteiger partial charge on any atom is 0.258 e. The predicted molar refractivity (Wildman–Crippen MR) is 200 cm³/mol. The quantitative estimate of drug-likeness (QED) is 0.117. The van der Waals surface area contributed by atoms with Gasteiger partial charge in [-0.1, -0.05) is 80.6 Å². The molecule has 0 bridgehead atoms. The van der Waals surface area contributed by atoms with Crippen LogP contribution in [0.15, 0.2) is 108 Å². The molecule has 0 saturated heterocycles. The lowest BCUT2D eigenvalue weighted by atomic mass is 10.0. The highest BCUT2D eigenvalue weighted by atomic mass is 32.2. The third-order valence-electron chi connectivity index (χ3n) is 8.40. The van der Waals surface area contributed by atoms with E-state index in [0.717, 1.165) is 6.42 Å². The molecule has 0 atom stereocenters. The van der Waals surface area contributed by atoms with Crippen LogP contribution in [0, 0.1) is 5.82 Å². The number of benzene rings is 4. The number of aryl methyl sites for hydroxylation is 2. The summed E-state index contributed by atoms with van der Waals surface area (Å²) in [5, 5.41) is 0. The van der Waals surface area contributed by atoms with E-state index in [1.165, 1.54) is 12.1 Å². The fourth-order valence-corrected chi connectivity index (χ4v) is 7.78. The molecule has 0 spiro atoms. The molecule has 0 unspecified atom stereocenters. The third kappa shape index (κ3) is 8.87. The molecule has 10 heteroatoms. The second-order valence-corrected chi connectivity index (χ2v) is 15.2. The number of para-hydroxylation sites is 1. The van der Waals surface area contributed by atoms with Crippen molar-refractivity contribution in [1.82, 2.24) is 14.3 Å². The van der Waals surface area contributed by atoms with Crippen LogP contribution in [0.25, 0.3) is 11.1 Å². The van der Waals surface area contributed by atoms with Gasteiger partial charge in [0.05, 0.1) is 17.1 Å². The summed E-state index contributed by atoms with van der Waals surface area (Å²) < 4.78 is 47.1. The summed E-state index contributed by atoms with van der Waals surface area (Å²) in [7, 11) is -3.89. The Morgan fingerprint density at radius 3 is 2.16 bits per heavy atom. The number of anilines is 1. The van der Waals surface area contributed by atoms with Crippen LogP contribution in [0.4, 0.5) is 10.1 Å². The van der Waals surface area contributed by atoms with Crippen molar-refractivity contribution in [2.45, 2.75) is 77.3 Å². The highest BCUT2D eigenvalue weighted by molar-refractivity contribution is 7.89. The third-order valence-corrected chi connectivity index (χ3v) is 10.2. The predicted octanol–water partition coefficient (Wildman–Crippen LogP) is 8.25. The van der Waals surface area contributed by atoms with Crippen LogP contribution >= 0.6 is 0 Å². The smallest absolute Gasteiger partial charge is 0.258 e. The first-order valence-electron chi connectivity index (χ1n) is 17.3. The lowest BCUT2D eigenvalue weighted by Gasteiger charge is -2.23. The molecule has 1 amide bonds. The van der Waals surface area contributed by atoms with Crippen molar-refractivity contribution in [2.75, 3.05) is 11.4 Å². The molecule has 0 aliphatic rings. The topological polar surface area (TPSA) is 101 Å². The average Bonchev–Trinajstić information content (AvgIpc) is 3.45. The molecule has 266 valence electrons. The van der Waals surface area contributed by atoms with Gasteiger partial charge in [0.25, 0.3) is 5.91 Å². The summed E-state index contributed by atoms with van der Waals surface area (Å²) in [6, 6.07) is 29.4. The van der Waals surface area contributed by atoms with E-state index in [2.05, 4.69) is 4.72 Å². The lowest BCUT2D eigenvalue weighted by Crippen LogP contribution is -2.40. The number of aromatic nitrogens is 2. The van der Waals surface area contributed by atoms with Crippen LogP contribution in [0.2, 0.25) is 0 Å². The summed E-state index contributed by atoms with van der Waals surface area (Å²) in [5.41, 5.74) is 2.67. The van der Waals surface area contributed by atoms with Gasteiger partial charge < -0.3 is 9.47 Å². The second kappa shape index (κ2) is 16.0. The summed E-state index contributed by atoms with van der Waals surface area (Å²) in [4.78, 5) is 34.3. The van der Waals surface area contributed by atoms with Crippen molar-refractivity contribution in [3.8, 4) is 11.1 Å². The number of nitrogens with zero attached hydrogens (tertiary/aromatic N) is 3. The second-order valence-electron chi connectivity index (χ2n) is 13.5. The minimum atomic E-state index is -3.89. The maximum atomic E-state index is 16.0. The number of ketones is 1. The molecular weight excluding hydrogens is 664 g/mol. The van der Waals surface area contributed by atoms with Crippen LogP contribution in [-0.2, 0) is 29.4 Å². The first-order valence-corrected chi connectivity index (χ1v) is 18.8. The molecule has 8 nitrogen and oxygen atoms in total. The van der Waals surface area contributed by atoms with Crippen LogP contribution in [0.3, 0.4) is 0 Å². The fourth-order valence-electron chi connectivity index (χ4n) is 6.13. The number of imidazole rings is 1. The van der Waals surface area contributed by atoms with Crippen molar-refractivity contribution in [2.24, 2.45) is 0 Å². The molecule has 0 radical (unpaired) electrons. The number of rotatable bonds is 14. The molecule has 1 aromatic heterocycles. The van der Waals surface area contributed by atoms with E-state index in [9.17, 15) is 18.0 Å². The Hall–Kier alpha value is -4.93. The largest absolute Gasteiger partial charge is 0.321 e. The van der Waals surface area contributed by atoms with Gasteiger partial charge in [0.2, 0.25) is 10.0 Å². The number of hydrogen-bond donors (Lipinski definition) is 1. The van der Waals surface area contributed by atoms with Gasteiger partial charge >= 0.3 is 0 Å². The van der Waals surface area contributed by atoms with E-state index in [-0.39, 0.29) is 36.1 Å².